The fraction of sp³-hybridized carbons (Fsp3) is 0.222. The summed E-state index contributed by atoms with van der Waals surface area (Å²) < 4.78 is 0. The zero-order valence-electron chi connectivity index (χ0n) is 14.2. The largest absolute Gasteiger partial charge is 0.329 e. The minimum atomic E-state index is 0.690. The van der Waals surface area contributed by atoms with Crippen LogP contribution in [0.1, 0.15) is 22.5 Å². The van der Waals surface area contributed by atoms with Crippen molar-refractivity contribution in [2.24, 2.45) is 0 Å². The second-order valence-corrected chi connectivity index (χ2v) is 5.80. The van der Waals surface area contributed by atoms with Gasteiger partial charge in [0.2, 0.25) is 6.41 Å². The number of carbonyl (C=O) groups is 1. The van der Waals surface area contributed by atoms with E-state index in [1.165, 1.54) is 11.1 Å². The smallest absolute Gasteiger partial charge is 0.211 e. The topological polar surface area (TPSA) is 95.6 Å². The zero-order valence-corrected chi connectivity index (χ0v) is 14.2. The lowest BCUT2D eigenvalue weighted by Crippen LogP contribution is -1.99. The Hall–Kier alpha value is -3.22. The number of benzene rings is 1. The summed E-state index contributed by atoms with van der Waals surface area (Å²) >= 11 is 0. The molecule has 0 aliphatic carbocycles. The first-order chi connectivity index (χ1) is 12.2. The molecule has 7 heteroatoms. The molecule has 128 valence electrons. The molecule has 2 aromatic heterocycles. The first kappa shape index (κ1) is 16.6. The molecule has 0 unspecified atom stereocenters. The number of anilines is 3. The summed E-state index contributed by atoms with van der Waals surface area (Å²) in [5.41, 5.74) is 5.05. The van der Waals surface area contributed by atoms with Crippen LogP contribution in [0.5, 0.6) is 0 Å². The molecule has 0 aliphatic heterocycles. The Morgan fingerprint density at radius 3 is 2.76 bits per heavy atom. The Kier molecular flexibility index (Phi) is 5.03. The van der Waals surface area contributed by atoms with Gasteiger partial charge in [0.05, 0.1) is 5.69 Å². The minimum Gasteiger partial charge on any atom is -0.329 e. The van der Waals surface area contributed by atoms with Crippen molar-refractivity contribution >= 4 is 23.7 Å². The van der Waals surface area contributed by atoms with Gasteiger partial charge in [0.25, 0.3) is 0 Å². The van der Waals surface area contributed by atoms with Gasteiger partial charge in [-0.3, -0.25) is 14.9 Å². The number of nitrogens with one attached hydrogen (secondary N) is 3. The third kappa shape index (κ3) is 4.20. The molecular formula is C18H20N6O. The number of carbonyl (C=O) groups excluding carboxylic acids is 1. The Labute approximate surface area is 145 Å². The number of hydrogen-bond donors (Lipinski definition) is 3. The summed E-state index contributed by atoms with van der Waals surface area (Å²) in [5, 5.41) is 13.2. The van der Waals surface area contributed by atoms with Crippen LogP contribution < -0.4 is 10.6 Å². The van der Waals surface area contributed by atoms with E-state index in [-0.39, 0.29) is 0 Å². The molecule has 0 radical (unpaired) electrons. The first-order valence-electron chi connectivity index (χ1n) is 8.04. The SMILES string of the molecule is Cc1ccc(NC=O)cc1CCc1cc(Nc2nccnc2C)n[nH]1. The van der Waals surface area contributed by atoms with Gasteiger partial charge in [-0.25, -0.2) is 4.98 Å². The third-order valence-electron chi connectivity index (χ3n) is 4.00. The van der Waals surface area contributed by atoms with E-state index >= 15 is 0 Å². The first-order valence-corrected chi connectivity index (χ1v) is 8.04. The van der Waals surface area contributed by atoms with Crippen molar-refractivity contribution in [1.29, 1.82) is 0 Å². The third-order valence-corrected chi connectivity index (χ3v) is 4.00. The molecule has 3 rings (SSSR count). The summed E-state index contributed by atoms with van der Waals surface area (Å²) in [6, 6.07) is 7.88. The normalized spacial score (nSPS) is 10.5. The Morgan fingerprint density at radius 2 is 1.96 bits per heavy atom. The summed E-state index contributed by atoms with van der Waals surface area (Å²) in [6.07, 6.45) is 5.67. The van der Waals surface area contributed by atoms with Crippen LogP contribution in [0.15, 0.2) is 36.7 Å². The highest BCUT2D eigenvalue weighted by atomic mass is 16.1. The van der Waals surface area contributed by atoms with Crippen molar-refractivity contribution in [2.45, 2.75) is 26.7 Å². The molecule has 3 aromatic rings. The van der Waals surface area contributed by atoms with Gasteiger partial charge in [-0.15, -0.1) is 0 Å². The highest BCUT2D eigenvalue weighted by molar-refractivity contribution is 5.71. The van der Waals surface area contributed by atoms with Gasteiger partial charge >= 0.3 is 0 Å². The van der Waals surface area contributed by atoms with Crippen molar-refractivity contribution < 1.29 is 4.79 Å². The fourth-order valence-corrected chi connectivity index (χ4v) is 2.57. The highest BCUT2D eigenvalue weighted by Gasteiger charge is 2.07. The molecular weight excluding hydrogens is 316 g/mol. The van der Waals surface area contributed by atoms with E-state index in [1.807, 2.05) is 31.2 Å². The number of aromatic amines is 1. The number of aryl methyl sites for hydroxylation is 4. The average molecular weight is 336 g/mol. The van der Waals surface area contributed by atoms with Crippen LogP contribution in [0.25, 0.3) is 0 Å². The lowest BCUT2D eigenvalue weighted by Gasteiger charge is -2.07. The van der Waals surface area contributed by atoms with E-state index in [9.17, 15) is 4.79 Å². The predicted molar refractivity (Wildman–Crippen MR) is 96.9 cm³/mol. The molecule has 0 aliphatic rings. The van der Waals surface area contributed by atoms with Gasteiger partial charge in [-0.2, -0.15) is 5.10 Å². The van der Waals surface area contributed by atoms with E-state index in [2.05, 4.69) is 37.7 Å². The van der Waals surface area contributed by atoms with Crippen LogP contribution in [0.2, 0.25) is 0 Å². The van der Waals surface area contributed by atoms with Crippen molar-refractivity contribution in [3.05, 3.63) is 59.2 Å². The van der Waals surface area contributed by atoms with Crippen molar-refractivity contribution in [1.82, 2.24) is 20.2 Å². The van der Waals surface area contributed by atoms with Gasteiger partial charge < -0.3 is 10.6 Å². The molecule has 25 heavy (non-hydrogen) atoms. The van der Waals surface area contributed by atoms with E-state index < -0.39 is 0 Å². The Bertz CT molecular complexity index is 874. The van der Waals surface area contributed by atoms with Crippen LogP contribution >= 0.6 is 0 Å². The molecule has 0 spiro atoms. The number of amides is 1. The van der Waals surface area contributed by atoms with E-state index in [0.29, 0.717) is 18.0 Å². The Morgan fingerprint density at radius 1 is 1.12 bits per heavy atom. The molecule has 7 nitrogen and oxygen atoms in total. The number of nitrogens with zero attached hydrogens (tertiary/aromatic N) is 3. The molecule has 0 bridgehead atoms. The van der Waals surface area contributed by atoms with Gasteiger partial charge in [0, 0.05) is 29.8 Å². The maximum Gasteiger partial charge on any atom is 0.211 e. The quantitative estimate of drug-likeness (QED) is 0.577. The van der Waals surface area contributed by atoms with E-state index in [0.717, 1.165) is 29.9 Å². The average Bonchev–Trinajstić information content (AvgIpc) is 3.05. The van der Waals surface area contributed by atoms with Gasteiger partial charge in [-0.1, -0.05) is 6.07 Å². The van der Waals surface area contributed by atoms with E-state index in [4.69, 9.17) is 0 Å². The molecule has 2 heterocycles. The molecule has 0 saturated heterocycles. The number of aromatic nitrogens is 4. The maximum atomic E-state index is 10.6. The molecule has 0 atom stereocenters. The van der Waals surface area contributed by atoms with Crippen molar-refractivity contribution in [3.63, 3.8) is 0 Å². The summed E-state index contributed by atoms with van der Waals surface area (Å²) in [5.74, 6) is 1.41. The van der Waals surface area contributed by atoms with Crippen molar-refractivity contribution in [2.75, 3.05) is 10.6 Å². The van der Waals surface area contributed by atoms with Gasteiger partial charge in [0.15, 0.2) is 11.6 Å². The standard InChI is InChI=1S/C18H20N6O/c1-12-3-5-15(21-11-25)9-14(12)4-6-16-10-17(24-23-16)22-18-13(2)19-7-8-20-18/h3,5,7-11H,4,6H2,1-2H3,(H,21,25)(H2,20,22,23,24). The predicted octanol–water partition coefficient (Wildman–Crippen LogP) is 2.91. The summed E-state index contributed by atoms with van der Waals surface area (Å²) in [7, 11) is 0. The monoisotopic (exact) mass is 336 g/mol. The highest BCUT2D eigenvalue weighted by Crippen LogP contribution is 2.19. The lowest BCUT2D eigenvalue weighted by molar-refractivity contribution is -0.105. The van der Waals surface area contributed by atoms with Gasteiger partial charge in [-0.05, 0) is 49.9 Å². The van der Waals surface area contributed by atoms with Crippen LogP contribution in [0, 0.1) is 13.8 Å². The zero-order chi connectivity index (χ0) is 17.6. The second-order valence-electron chi connectivity index (χ2n) is 5.80. The van der Waals surface area contributed by atoms with Crippen LogP contribution in [0.4, 0.5) is 17.3 Å². The number of rotatable bonds is 7. The molecule has 0 fully saturated rings. The van der Waals surface area contributed by atoms with Crippen LogP contribution in [-0.2, 0) is 17.6 Å². The molecule has 0 saturated carbocycles. The van der Waals surface area contributed by atoms with Crippen LogP contribution in [0.3, 0.4) is 0 Å². The Balaban J connectivity index is 1.65. The fourth-order valence-electron chi connectivity index (χ4n) is 2.57. The number of H-pyrrole nitrogens is 1. The van der Waals surface area contributed by atoms with Gasteiger partial charge in [0.1, 0.15) is 0 Å². The lowest BCUT2D eigenvalue weighted by atomic mass is 10.0. The van der Waals surface area contributed by atoms with Crippen molar-refractivity contribution in [3.8, 4) is 0 Å². The maximum absolute atomic E-state index is 10.6. The number of hydrogen-bond acceptors (Lipinski definition) is 5. The summed E-state index contributed by atoms with van der Waals surface area (Å²) in [6.45, 7) is 3.96. The molecule has 1 aromatic carbocycles. The van der Waals surface area contributed by atoms with Crippen LogP contribution in [-0.4, -0.2) is 26.6 Å². The molecule has 3 N–H and O–H groups in total. The minimum absolute atomic E-state index is 0.690. The second kappa shape index (κ2) is 7.57. The summed E-state index contributed by atoms with van der Waals surface area (Å²) in [4.78, 5) is 19.0. The molecule has 1 amide bonds. The van der Waals surface area contributed by atoms with E-state index in [1.54, 1.807) is 12.4 Å².